The molecule has 0 aliphatic carbocycles. The SMILES string of the molecule is CCCCC/C=C/C/C=C/CCCCCCCc1nc(-c2ccccn2)no1. The highest BCUT2D eigenvalue weighted by Crippen LogP contribution is 2.14. The minimum absolute atomic E-state index is 0.582. The molecule has 0 saturated carbocycles. The highest BCUT2D eigenvalue weighted by atomic mass is 16.5. The van der Waals surface area contributed by atoms with E-state index >= 15 is 0 Å². The first-order valence-electron chi connectivity index (χ1n) is 10.9. The van der Waals surface area contributed by atoms with Crippen LogP contribution < -0.4 is 0 Å². The van der Waals surface area contributed by atoms with Gasteiger partial charge in [0, 0.05) is 12.6 Å². The van der Waals surface area contributed by atoms with Crippen LogP contribution in [0.1, 0.15) is 83.4 Å². The molecule has 4 heteroatoms. The zero-order valence-electron chi connectivity index (χ0n) is 17.4. The van der Waals surface area contributed by atoms with Crippen molar-refractivity contribution in [3.8, 4) is 11.5 Å². The number of pyridine rings is 1. The van der Waals surface area contributed by atoms with Crippen molar-refractivity contribution >= 4 is 0 Å². The summed E-state index contributed by atoms with van der Waals surface area (Å²) in [5.74, 6) is 1.30. The minimum atomic E-state index is 0.582. The molecule has 0 atom stereocenters. The van der Waals surface area contributed by atoms with Gasteiger partial charge in [-0.25, -0.2) is 0 Å². The number of allylic oxidation sites excluding steroid dienone is 4. The van der Waals surface area contributed by atoms with Gasteiger partial charge in [0.15, 0.2) is 0 Å². The molecule has 0 saturated heterocycles. The molecule has 0 aliphatic heterocycles. The molecule has 152 valence electrons. The molecule has 0 amide bonds. The van der Waals surface area contributed by atoms with Gasteiger partial charge < -0.3 is 4.52 Å². The third-order valence-corrected chi connectivity index (χ3v) is 4.70. The maximum absolute atomic E-state index is 5.32. The number of nitrogens with zero attached hydrogens (tertiary/aromatic N) is 3. The van der Waals surface area contributed by atoms with E-state index in [1.54, 1.807) is 6.20 Å². The molecule has 0 unspecified atom stereocenters. The summed E-state index contributed by atoms with van der Waals surface area (Å²) >= 11 is 0. The molecule has 0 aromatic carbocycles. The standard InChI is InChI=1S/C24H35N3O/c1-2-3-4-5-6-7-8-9-10-11-12-13-14-15-16-20-23-26-24(27-28-23)22-19-17-18-21-25-22/h6-7,9-10,17-19,21H,2-5,8,11-16,20H2,1H3/b7-6+,10-9+. The second kappa shape index (κ2) is 14.8. The lowest BCUT2D eigenvalue weighted by Gasteiger charge is -1.98. The van der Waals surface area contributed by atoms with Crippen LogP contribution in [0.25, 0.3) is 11.5 Å². The summed E-state index contributed by atoms with van der Waals surface area (Å²) in [7, 11) is 0. The maximum Gasteiger partial charge on any atom is 0.227 e. The third kappa shape index (κ3) is 9.63. The molecule has 28 heavy (non-hydrogen) atoms. The summed E-state index contributed by atoms with van der Waals surface area (Å²) in [6, 6.07) is 5.71. The maximum atomic E-state index is 5.32. The van der Waals surface area contributed by atoms with Gasteiger partial charge in [-0.05, 0) is 50.7 Å². The predicted octanol–water partition coefficient (Wildman–Crippen LogP) is 7.10. The molecular weight excluding hydrogens is 346 g/mol. The van der Waals surface area contributed by atoms with Crippen molar-refractivity contribution in [2.45, 2.75) is 84.0 Å². The Morgan fingerprint density at radius 3 is 2.36 bits per heavy atom. The van der Waals surface area contributed by atoms with E-state index in [-0.39, 0.29) is 0 Å². The van der Waals surface area contributed by atoms with Crippen molar-refractivity contribution in [1.29, 1.82) is 0 Å². The second-order valence-electron chi connectivity index (χ2n) is 7.21. The van der Waals surface area contributed by atoms with E-state index in [9.17, 15) is 0 Å². The van der Waals surface area contributed by atoms with Crippen molar-refractivity contribution < 1.29 is 4.52 Å². The van der Waals surface area contributed by atoms with Crippen molar-refractivity contribution in [2.75, 3.05) is 0 Å². The van der Waals surface area contributed by atoms with Crippen LogP contribution in [0, 0.1) is 0 Å². The Bertz CT molecular complexity index is 676. The normalized spacial score (nSPS) is 11.8. The van der Waals surface area contributed by atoms with Crippen LogP contribution in [0.3, 0.4) is 0 Å². The van der Waals surface area contributed by atoms with Gasteiger partial charge >= 0.3 is 0 Å². The molecule has 0 fully saturated rings. The van der Waals surface area contributed by atoms with E-state index in [0.29, 0.717) is 11.7 Å². The molecular formula is C24H35N3O. The number of unbranched alkanes of at least 4 members (excludes halogenated alkanes) is 8. The third-order valence-electron chi connectivity index (χ3n) is 4.70. The van der Waals surface area contributed by atoms with Crippen LogP contribution >= 0.6 is 0 Å². The fraction of sp³-hybridized carbons (Fsp3) is 0.542. The Labute approximate surface area is 170 Å². The number of hydrogen-bond donors (Lipinski definition) is 0. The monoisotopic (exact) mass is 381 g/mol. The Kier molecular flexibility index (Phi) is 11.6. The molecule has 2 heterocycles. The molecule has 0 bridgehead atoms. The Hall–Kier alpha value is -2.23. The molecule has 0 N–H and O–H groups in total. The van der Waals surface area contributed by atoms with Gasteiger partial charge in [-0.1, -0.05) is 74.6 Å². The molecule has 4 nitrogen and oxygen atoms in total. The van der Waals surface area contributed by atoms with Crippen molar-refractivity contribution in [1.82, 2.24) is 15.1 Å². The highest BCUT2D eigenvalue weighted by molar-refractivity contribution is 5.46. The van der Waals surface area contributed by atoms with Gasteiger partial charge in [0.1, 0.15) is 5.69 Å². The Morgan fingerprint density at radius 1 is 0.857 bits per heavy atom. The first-order chi connectivity index (χ1) is 13.9. The summed E-state index contributed by atoms with van der Waals surface area (Å²) in [6.07, 6.45) is 25.5. The van der Waals surface area contributed by atoms with Gasteiger partial charge in [-0.2, -0.15) is 4.98 Å². The van der Waals surface area contributed by atoms with Crippen LogP contribution in [0.5, 0.6) is 0 Å². The average molecular weight is 382 g/mol. The fourth-order valence-corrected chi connectivity index (χ4v) is 3.04. The summed E-state index contributed by atoms with van der Waals surface area (Å²) in [4.78, 5) is 8.67. The second-order valence-corrected chi connectivity index (χ2v) is 7.21. The molecule has 2 aromatic heterocycles. The number of aromatic nitrogens is 3. The zero-order chi connectivity index (χ0) is 19.7. The lowest BCUT2D eigenvalue weighted by atomic mass is 10.1. The smallest absolute Gasteiger partial charge is 0.227 e. The summed E-state index contributed by atoms with van der Waals surface area (Å²) in [5.41, 5.74) is 0.762. The Morgan fingerprint density at radius 2 is 1.61 bits per heavy atom. The number of rotatable bonds is 15. The first-order valence-corrected chi connectivity index (χ1v) is 10.9. The van der Waals surface area contributed by atoms with E-state index in [4.69, 9.17) is 4.52 Å². The predicted molar refractivity (Wildman–Crippen MR) is 116 cm³/mol. The number of aryl methyl sites for hydroxylation is 1. The van der Waals surface area contributed by atoms with Crippen molar-refractivity contribution in [3.63, 3.8) is 0 Å². The van der Waals surface area contributed by atoms with Crippen LogP contribution in [-0.2, 0) is 6.42 Å². The highest BCUT2D eigenvalue weighted by Gasteiger charge is 2.08. The van der Waals surface area contributed by atoms with Gasteiger partial charge in [0.05, 0.1) is 0 Å². The first kappa shape index (κ1) is 22.1. The lowest BCUT2D eigenvalue weighted by Crippen LogP contribution is -1.88. The largest absolute Gasteiger partial charge is 0.339 e. The lowest BCUT2D eigenvalue weighted by molar-refractivity contribution is 0.373. The van der Waals surface area contributed by atoms with Crippen molar-refractivity contribution in [2.24, 2.45) is 0 Å². The fourth-order valence-electron chi connectivity index (χ4n) is 3.04. The van der Waals surface area contributed by atoms with E-state index < -0.39 is 0 Å². The van der Waals surface area contributed by atoms with E-state index in [0.717, 1.165) is 25.0 Å². The quantitative estimate of drug-likeness (QED) is 0.244. The summed E-state index contributed by atoms with van der Waals surface area (Å²) < 4.78 is 5.32. The van der Waals surface area contributed by atoms with Gasteiger partial charge in [0.25, 0.3) is 0 Å². The topological polar surface area (TPSA) is 51.8 Å². The van der Waals surface area contributed by atoms with Crippen molar-refractivity contribution in [3.05, 3.63) is 54.6 Å². The Balaban J connectivity index is 1.44. The van der Waals surface area contributed by atoms with Crippen LogP contribution in [0.15, 0.2) is 53.2 Å². The minimum Gasteiger partial charge on any atom is -0.339 e. The van der Waals surface area contributed by atoms with Gasteiger partial charge in [-0.3, -0.25) is 4.98 Å². The summed E-state index contributed by atoms with van der Waals surface area (Å²) in [6.45, 7) is 2.25. The molecule has 0 spiro atoms. The zero-order valence-corrected chi connectivity index (χ0v) is 17.4. The molecule has 2 rings (SSSR count). The number of hydrogen-bond acceptors (Lipinski definition) is 4. The molecule has 2 aromatic rings. The van der Waals surface area contributed by atoms with Crippen LogP contribution in [-0.4, -0.2) is 15.1 Å². The van der Waals surface area contributed by atoms with Gasteiger partial charge in [0.2, 0.25) is 11.7 Å². The average Bonchev–Trinajstić information content (AvgIpc) is 3.20. The molecule has 0 radical (unpaired) electrons. The van der Waals surface area contributed by atoms with E-state index in [2.05, 4.69) is 46.4 Å². The van der Waals surface area contributed by atoms with Crippen LogP contribution in [0.4, 0.5) is 0 Å². The van der Waals surface area contributed by atoms with Gasteiger partial charge in [-0.15, -0.1) is 0 Å². The summed E-state index contributed by atoms with van der Waals surface area (Å²) in [5, 5.41) is 4.01. The molecule has 0 aliphatic rings. The van der Waals surface area contributed by atoms with E-state index in [1.165, 1.54) is 57.8 Å². The van der Waals surface area contributed by atoms with Crippen LogP contribution in [0.2, 0.25) is 0 Å². The van der Waals surface area contributed by atoms with E-state index in [1.807, 2.05) is 18.2 Å².